The Morgan fingerprint density at radius 1 is 1.06 bits per heavy atom. The van der Waals surface area contributed by atoms with Crippen LogP contribution in [0.2, 0.25) is 0 Å². The normalized spacial score (nSPS) is 14.6. The summed E-state index contributed by atoms with van der Waals surface area (Å²) in [7, 11) is 0. The minimum Gasteiger partial charge on any atom is -0.478 e. The van der Waals surface area contributed by atoms with Crippen LogP contribution in [0.1, 0.15) is 73.0 Å². The highest BCUT2D eigenvalue weighted by Gasteiger charge is 2.16. The second-order valence-corrected chi connectivity index (χ2v) is 8.53. The van der Waals surface area contributed by atoms with Crippen molar-refractivity contribution in [2.24, 2.45) is 5.92 Å². The third-order valence-corrected chi connectivity index (χ3v) is 6.38. The number of nitrogens with zero attached hydrogens (tertiary/aromatic N) is 3. The molecule has 5 nitrogen and oxygen atoms in total. The lowest BCUT2D eigenvalue weighted by Gasteiger charge is -2.20. The first kappa shape index (κ1) is 21.3. The van der Waals surface area contributed by atoms with Crippen LogP contribution in [0.4, 0.5) is 0 Å². The van der Waals surface area contributed by atoms with E-state index in [2.05, 4.69) is 19.1 Å². The van der Waals surface area contributed by atoms with E-state index in [0.717, 1.165) is 53.6 Å². The van der Waals surface area contributed by atoms with Gasteiger partial charge in [0.2, 0.25) is 0 Å². The molecule has 0 aliphatic heterocycles. The molecule has 1 aliphatic rings. The van der Waals surface area contributed by atoms with E-state index in [1.807, 2.05) is 28.9 Å². The first-order chi connectivity index (χ1) is 15.1. The van der Waals surface area contributed by atoms with Gasteiger partial charge in [0.05, 0.1) is 5.56 Å². The number of aromatic carboxylic acids is 1. The zero-order chi connectivity index (χ0) is 21.6. The van der Waals surface area contributed by atoms with Gasteiger partial charge in [-0.1, -0.05) is 74.6 Å². The van der Waals surface area contributed by atoms with Crippen LogP contribution in [0.25, 0.3) is 11.1 Å². The maximum Gasteiger partial charge on any atom is 0.336 e. The smallest absolute Gasteiger partial charge is 0.336 e. The predicted molar refractivity (Wildman–Crippen MR) is 122 cm³/mol. The Bertz CT molecular complexity index is 1020. The molecular weight excluding hydrogens is 386 g/mol. The minimum atomic E-state index is -0.906. The number of carboxylic acid groups (broad SMARTS) is 1. The van der Waals surface area contributed by atoms with Crippen LogP contribution >= 0.6 is 0 Å². The van der Waals surface area contributed by atoms with Crippen molar-refractivity contribution in [1.82, 2.24) is 14.8 Å². The van der Waals surface area contributed by atoms with E-state index in [1.54, 1.807) is 12.1 Å². The highest BCUT2D eigenvalue weighted by Crippen LogP contribution is 2.27. The maximum absolute atomic E-state index is 11.5. The quantitative estimate of drug-likeness (QED) is 0.505. The highest BCUT2D eigenvalue weighted by molar-refractivity contribution is 5.95. The Hall–Kier alpha value is -2.95. The molecule has 1 N–H and O–H groups in total. The minimum absolute atomic E-state index is 0.323. The highest BCUT2D eigenvalue weighted by atomic mass is 16.4. The number of benzene rings is 2. The van der Waals surface area contributed by atoms with Crippen molar-refractivity contribution in [2.45, 2.75) is 64.8 Å². The molecule has 1 fully saturated rings. The zero-order valence-corrected chi connectivity index (χ0v) is 18.3. The van der Waals surface area contributed by atoms with E-state index in [1.165, 1.54) is 38.5 Å². The third kappa shape index (κ3) is 5.22. The van der Waals surface area contributed by atoms with Crippen LogP contribution in [0.15, 0.2) is 48.5 Å². The van der Waals surface area contributed by atoms with Gasteiger partial charge in [-0.3, -0.25) is 0 Å². The second kappa shape index (κ2) is 9.90. The molecule has 0 atom stereocenters. The molecule has 0 bridgehead atoms. The topological polar surface area (TPSA) is 68.0 Å². The van der Waals surface area contributed by atoms with Gasteiger partial charge < -0.3 is 5.11 Å². The van der Waals surface area contributed by atoms with E-state index in [0.29, 0.717) is 5.56 Å². The summed E-state index contributed by atoms with van der Waals surface area (Å²) in [5, 5.41) is 14.2. The van der Waals surface area contributed by atoms with Gasteiger partial charge in [0.25, 0.3) is 0 Å². The lowest BCUT2D eigenvalue weighted by molar-refractivity contribution is 0.0697. The summed E-state index contributed by atoms with van der Waals surface area (Å²) in [4.78, 5) is 16.4. The molecule has 1 saturated carbocycles. The van der Waals surface area contributed by atoms with Gasteiger partial charge in [0, 0.05) is 19.4 Å². The van der Waals surface area contributed by atoms with Crippen molar-refractivity contribution in [1.29, 1.82) is 0 Å². The molecule has 31 heavy (non-hydrogen) atoms. The molecule has 1 aliphatic carbocycles. The lowest BCUT2D eigenvalue weighted by atomic mass is 9.86. The Labute approximate surface area is 184 Å². The van der Waals surface area contributed by atoms with E-state index >= 15 is 0 Å². The molecule has 0 unspecified atom stereocenters. The van der Waals surface area contributed by atoms with Gasteiger partial charge in [-0.15, -0.1) is 0 Å². The summed E-state index contributed by atoms with van der Waals surface area (Å²) >= 11 is 0. The Kier molecular flexibility index (Phi) is 6.80. The number of carboxylic acids is 1. The fourth-order valence-corrected chi connectivity index (χ4v) is 4.63. The molecular formula is C26H31N3O2. The molecule has 162 valence electrons. The molecule has 1 aromatic heterocycles. The summed E-state index contributed by atoms with van der Waals surface area (Å²) in [6.45, 7) is 2.92. The van der Waals surface area contributed by atoms with Gasteiger partial charge in [-0.25, -0.2) is 14.5 Å². The molecule has 3 aromatic rings. The standard InChI is InChI=1S/C26H31N3O2/c1-2-29-25(27-24(28-29)17-14-19-8-4-3-5-9-19)18-20-12-15-21(16-13-20)22-10-6-7-11-23(22)26(30)31/h6-7,10-13,15-16,19H,2-5,8-9,14,17-18H2,1H3,(H,30,31). The van der Waals surface area contributed by atoms with Crippen LogP contribution < -0.4 is 0 Å². The average Bonchev–Trinajstić information content (AvgIpc) is 3.20. The van der Waals surface area contributed by atoms with Crippen LogP contribution in [0.5, 0.6) is 0 Å². The molecule has 0 amide bonds. The number of aromatic nitrogens is 3. The number of aryl methyl sites for hydroxylation is 2. The Morgan fingerprint density at radius 2 is 1.81 bits per heavy atom. The molecule has 2 aromatic carbocycles. The molecule has 5 heteroatoms. The van der Waals surface area contributed by atoms with Gasteiger partial charge in [-0.05, 0) is 42.0 Å². The largest absolute Gasteiger partial charge is 0.478 e. The summed E-state index contributed by atoms with van der Waals surface area (Å²) in [5.41, 5.74) is 3.12. The monoisotopic (exact) mass is 417 g/mol. The third-order valence-electron chi connectivity index (χ3n) is 6.38. The number of hydrogen-bond acceptors (Lipinski definition) is 3. The Morgan fingerprint density at radius 3 is 2.52 bits per heavy atom. The predicted octanol–water partition coefficient (Wildman–Crippen LogP) is 5.77. The van der Waals surface area contributed by atoms with Crippen LogP contribution in [-0.2, 0) is 19.4 Å². The number of hydrogen-bond donors (Lipinski definition) is 1. The summed E-state index contributed by atoms with van der Waals surface area (Å²) < 4.78 is 2.02. The van der Waals surface area contributed by atoms with Crippen molar-refractivity contribution in [3.05, 3.63) is 71.3 Å². The van der Waals surface area contributed by atoms with E-state index in [9.17, 15) is 9.90 Å². The second-order valence-electron chi connectivity index (χ2n) is 8.53. The molecule has 0 saturated heterocycles. The van der Waals surface area contributed by atoms with Crippen molar-refractivity contribution < 1.29 is 9.90 Å². The van der Waals surface area contributed by atoms with Gasteiger partial charge in [0.15, 0.2) is 5.82 Å². The first-order valence-corrected chi connectivity index (χ1v) is 11.5. The molecule has 0 radical (unpaired) electrons. The summed E-state index contributed by atoms with van der Waals surface area (Å²) in [5.74, 6) is 1.90. The van der Waals surface area contributed by atoms with Crippen LogP contribution in [-0.4, -0.2) is 25.8 Å². The van der Waals surface area contributed by atoms with E-state index in [-0.39, 0.29) is 0 Å². The molecule has 4 rings (SSSR count). The molecule has 1 heterocycles. The number of rotatable bonds is 8. The first-order valence-electron chi connectivity index (χ1n) is 11.5. The van der Waals surface area contributed by atoms with Crippen molar-refractivity contribution >= 4 is 5.97 Å². The van der Waals surface area contributed by atoms with Crippen LogP contribution in [0, 0.1) is 5.92 Å². The zero-order valence-electron chi connectivity index (χ0n) is 18.3. The Balaban J connectivity index is 1.45. The van der Waals surface area contributed by atoms with Gasteiger partial charge in [-0.2, -0.15) is 5.10 Å². The fraction of sp³-hybridized carbons (Fsp3) is 0.423. The molecule has 0 spiro atoms. The van der Waals surface area contributed by atoms with Crippen molar-refractivity contribution in [3.8, 4) is 11.1 Å². The SMILES string of the molecule is CCn1nc(CCC2CCCCC2)nc1Cc1ccc(-c2ccccc2C(=O)O)cc1. The lowest BCUT2D eigenvalue weighted by Crippen LogP contribution is -2.08. The average molecular weight is 418 g/mol. The van der Waals surface area contributed by atoms with Gasteiger partial charge >= 0.3 is 5.97 Å². The van der Waals surface area contributed by atoms with Crippen molar-refractivity contribution in [3.63, 3.8) is 0 Å². The van der Waals surface area contributed by atoms with E-state index < -0.39 is 5.97 Å². The number of carbonyl (C=O) groups is 1. The van der Waals surface area contributed by atoms with E-state index in [4.69, 9.17) is 10.1 Å². The summed E-state index contributed by atoms with van der Waals surface area (Å²) in [6, 6.07) is 15.2. The van der Waals surface area contributed by atoms with Crippen molar-refractivity contribution in [2.75, 3.05) is 0 Å². The van der Waals surface area contributed by atoms with Crippen LogP contribution in [0.3, 0.4) is 0 Å². The van der Waals surface area contributed by atoms with Gasteiger partial charge in [0.1, 0.15) is 5.82 Å². The fourth-order valence-electron chi connectivity index (χ4n) is 4.63. The maximum atomic E-state index is 11.5. The summed E-state index contributed by atoms with van der Waals surface area (Å²) in [6.07, 6.45) is 9.76.